The van der Waals surface area contributed by atoms with E-state index in [2.05, 4.69) is 53.3 Å². The largest absolute Gasteiger partial charge is 0.381 e. The van der Waals surface area contributed by atoms with Gasteiger partial charge < -0.3 is 5.32 Å². The fraction of sp³-hybridized carbons (Fsp3) is 0.538. The number of hydrogen-bond donors (Lipinski definition) is 1. The van der Waals surface area contributed by atoms with Gasteiger partial charge in [0.2, 0.25) is 0 Å². The van der Waals surface area contributed by atoms with Crippen molar-refractivity contribution in [2.75, 3.05) is 5.32 Å². The molecule has 15 heavy (non-hydrogen) atoms. The molecule has 1 aromatic rings. The predicted octanol–water partition coefficient (Wildman–Crippen LogP) is 4.30. The van der Waals surface area contributed by atoms with Crippen LogP contribution in [0.2, 0.25) is 0 Å². The number of benzene rings is 1. The maximum Gasteiger partial charge on any atom is 0.0486 e. The van der Waals surface area contributed by atoms with Crippen LogP contribution in [-0.2, 0) is 0 Å². The second-order valence-corrected chi connectivity index (χ2v) is 5.65. The Hall–Kier alpha value is -0.500. The van der Waals surface area contributed by atoms with E-state index in [-0.39, 0.29) is 0 Å². The van der Waals surface area contributed by atoms with Crippen LogP contribution < -0.4 is 5.32 Å². The van der Waals surface area contributed by atoms with Crippen LogP contribution in [0.15, 0.2) is 28.7 Å². The average Bonchev–Trinajstić information content (AvgIpc) is 2.12. The predicted molar refractivity (Wildman–Crippen MR) is 69.1 cm³/mol. The van der Waals surface area contributed by atoms with Crippen LogP contribution >= 0.6 is 15.9 Å². The lowest BCUT2D eigenvalue weighted by Crippen LogP contribution is -2.37. The molecule has 1 N–H and O–H groups in total. The van der Waals surface area contributed by atoms with E-state index in [0.717, 1.165) is 16.3 Å². The van der Waals surface area contributed by atoms with Gasteiger partial charge >= 0.3 is 0 Å². The Labute approximate surface area is 100 Å². The normalized spacial score (nSPS) is 25.1. The highest BCUT2D eigenvalue weighted by Gasteiger charge is 2.31. The minimum Gasteiger partial charge on any atom is -0.381 e. The molecule has 0 heterocycles. The Kier molecular flexibility index (Phi) is 3.35. The van der Waals surface area contributed by atoms with Crippen LogP contribution in [0.1, 0.15) is 26.7 Å². The van der Waals surface area contributed by atoms with Gasteiger partial charge in [0, 0.05) is 16.2 Å². The summed E-state index contributed by atoms with van der Waals surface area (Å²) in [6.07, 6.45) is 2.64. The third-order valence-electron chi connectivity index (χ3n) is 3.35. The lowest BCUT2D eigenvalue weighted by Gasteiger charge is -2.39. The van der Waals surface area contributed by atoms with Gasteiger partial charge in [0.15, 0.2) is 0 Å². The first-order valence-corrected chi connectivity index (χ1v) is 6.47. The van der Waals surface area contributed by atoms with E-state index in [9.17, 15) is 0 Å². The van der Waals surface area contributed by atoms with Crippen molar-refractivity contribution in [2.45, 2.75) is 32.7 Å². The molecule has 1 fully saturated rings. The van der Waals surface area contributed by atoms with Crippen LogP contribution in [-0.4, -0.2) is 6.04 Å². The first-order valence-electron chi connectivity index (χ1n) is 5.68. The molecule has 0 bridgehead atoms. The summed E-state index contributed by atoms with van der Waals surface area (Å²) in [5.41, 5.74) is 1.23. The molecular formula is C13H18BrN. The second kappa shape index (κ2) is 4.56. The summed E-state index contributed by atoms with van der Waals surface area (Å²) in [6.45, 7) is 4.64. The minimum absolute atomic E-state index is 0.677. The fourth-order valence-corrected chi connectivity index (χ4v) is 2.52. The smallest absolute Gasteiger partial charge is 0.0486 e. The van der Waals surface area contributed by atoms with Crippen molar-refractivity contribution in [3.8, 4) is 0 Å². The van der Waals surface area contributed by atoms with Crippen LogP contribution in [0.4, 0.5) is 5.69 Å². The topological polar surface area (TPSA) is 12.0 Å². The molecule has 1 aliphatic rings. The molecule has 1 aliphatic carbocycles. The van der Waals surface area contributed by atoms with Gasteiger partial charge in [0.1, 0.15) is 0 Å². The zero-order chi connectivity index (χ0) is 10.8. The molecule has 1 aromatic carbocycles. The number of hydrogen-bond acceptors (Lipinski definition) is 1. The van der Waals surface area contributed by atoms with E-state index in [0.29, 0.717) is 6.04 Å². The number of anilines is 1. The summed E-state index contributed by atoms with van der Waals surface area (Å²) in [5, 5.41) is 3.58. The number of para-hydroxylation sites is 1. The Morgan fingerprint density at radius 2 is 1.93 bits per heavy atom. The van der Waals surface area contributed by atoms with Crippen molar-refractivity contribution in [2.24, 2.45) is 11.8 Å². The maximum absolute atomic E-state index is 3.58. The molecule has 0 aliphatic heterocycles. The first-order chi connectivity index (χ1) is 7.16. The van der Waals surface area contributed by atoms with Crippen LogP contribution in [0, 0.1) is 11.8 Å². The van der Waals surface area contributed by atoms with E-state index >= 15 is 0 Å². The van der Waals surface area contributed by atoms with Crippen molar-refractivity contribution in [1.29, 1.82) is 0 Å². The van der Waals surface area contributed by atoms with E-state index in [1.807, 2.05) is 6.07 Å². The van der Waals surface area contributed by atoms with E-state index < -0.39 is 0 Å². The average molecular weight is 268 g/mol. The molecule has 0 atom stereocenters. The fourth-order valence-electron chi connectivity index (χ4n) is 2.12. The van der Waals surface area contributed by atoms with Crippen molar-refractivity contribution in [3.05, 3.63) is 28.7 Å². The Bertz CT molecular complexity index is 329. The van der Waals surface area contributed by atoms with Gasteiger partial charge in [-0.15, -0.1) is 0 Å². The number of halogens is 1. The summed E-state index contributed by atoms with van der Waals surface area (Å²) < 4.78 is 1.16. The van der Waals surface area contributed by atoms with Gasteiger partial charge in [0.25, 0.3) is 0 Å². The summed E-state index contributed by atoms with van der Waals surface area (Å²) >= 11 is 3.56. The Balaban J connectivity index is 1.88. The van der Waals surface area contributed by atoms with Gasteiger partial charge in [-0.05, 0) is 52.7 Å². The van der Waals surface area contributed by atoms with Crippen LogP contribution in [0.25, 0.3) is 0 Å². The maximum atomic E-state index is 3.58. The van der Waals surface area contributed by atoms with E-state index in [4.69, 9.17) is 0 Å². The highest BCUT2D eigenvalue weighted by Crippen LogP contribution is 2.36. The van der Waals surface area contributed by atoms with Crippen LogP contribution in [0.5, 0.6) is 0 Å². The lowest BCUT2D eigenvalue weighted by molar-refractivity contribution is 0.212. The van der Waals surface area contributed by atoms with Crippen LogP contribution in [0.3, 0.4) is 0 Å². The zero-order valence-corrected chi connectivity index (χ0v) is 10.9. The minimum atomic E-state index is 0.677. The van der Waals surface area contributed by atoms with E-state index in [1.165, 1.54) is 18.5 Å². The van der Waals surface area contributed by atoms with E-state index in [1.54, 1.807) is 0 Å². The SMILES string of the molecule is CC(C)C1CC(Nc2ccccc2Br)C1. The van der Waals surface area contributed by atoms with Crippen molar-refractivity contribution < 1.29 is 0 Å². The Morgan fingerprint density at radius 3 is 2.53 bits per heavy atom. The standard InChI is InChI=1S/C13H18BrN/c1-9(2)10-7-11(8-10)15-13-6-4-3-5-12(13)14/h3-6,9-11,15H,7-8H2,1-2H3. The van der Waals surface area contributed by atoms with Gasteiger partial charge in [0.05, 0.1) is 0 Å². The molecule has 0 aromatic heterocycles. The Morgan fingerprint density at radius 1 is 1.27 bits per heavy atom. The van der Waals surface area contributed by atoms with Crippen molar-refractivity contribution in [3.63, 3.8) is 0 Å². The van der Waals surface area contributed by atoms with Gasteiger partial charge in [-0.1, -0.05) is 26.0 Å². The van der Waals surface area contributed by atoms with Crippen molar-refractivity contribution in [1.82, 2.24) is 0 Å². The van der Waals surface area contributed by atoms with Gasteiger partial charge in [-0.2, -0.15) is 0 Å². The summed E-state index contributed by atoms with van der Waals surface area (Å²) in [5.74, 6) is 1.76. The quantitative estimate of drug-likeness (QED) is 0.862. The molecule has 1 nitrogen and oxygen atoms in total. The number of rotatable bonds is 3. The molecule has 0 spiro atoms. The zero-order valence-electron chi connectivity index (χ0n) is 9.33. The molecule has 82 valence electrons. The third kappa shape index (κ3) is 2.54. The summed E-state index contributed by atoms with van der Waals surface area (Å²) in [7, 11) is 0. The van der Waals surface area contributed by atoms with Gasteiger partial charge in [-0.3, -0.25) is 0 Å². The summed E-state index contributed by atoms with van der Waals surface area (Å²) in [4.78, 5) is 0. The molecular weight excluding hydrogens is 250 g/mol. The molecule has 0 radical (unpaired) electrons. The first kappa shape index (κ1) is 11.0. The summed E-state index contributed by atoms with van der Waals surface area (Å²) in [6, 6.07) is 9.02. The molecule has 0 unspecified atom stereocenters. The highest BCUT2D eigenvalue weighted by molar-refractivity contribution is 9.10. The highest BCUT2D eigenvalue weighted by atomic mass is 79.9. The molecule has 0 saturated heterocycles. The molecule has 2 rings (SSSR count). The molecule has 0 amide bonds. The van der Waals surface area contributed by atoms with Crippen molar-refractivity contribution >= 4 is 21.6 Å². The van der Waals surface area contributed by atoms with Gasteiger partial charge in [-0.25, -0.2) is 0 Å². The molecule has 2 heteroatoms. The molecule has 1 saturated carbocycles. The second-order valence-electron chi connectivity index (χ2n) is 4.80. The third-order valence-corrected chi connectivity index (χ3v) is 4.04. The lowest BCUT2D eigenvalue weighted by atomic mass is 9.73. The number of nitrogens with one attached hydrogen (secondary N) is 1. The monoisotopic (exact) mass is 267 g/mol.